The third-order valence-electron chi connectivity index (χ3n) is 7.23. The number of rotatable bonds is 5. The van der Waals surface area contributed by atoms with Gasteiger partial charge in [0, 0.05) is 30.0 Å². The van der Waals surface area contributed by atoms with Crippen molar-refractivity contribution in [1.29, 1.82) is 0 Å². The van der Waals surface area contributed by atoms with Crippen LogP contribution in [-0.4, -0.2) is 42.1 Å². The van der Waals surface area contributed by atoms with Crippen molar-refractivity contribution in [2.24, 2.45) is 0 Å². The SMILES string of the molecule is COc1cc(C)c(/C(O)=C2\C(=O)C(=O)N(c3ccc(N4CCCC4)cc3)C2c2cccc(O)c2)cc1C. The summed E-state index contributed by atoms with van der Waals surface area (Å²) >= 11 is 0. The van der Waals surface area contributed by atoms with Gasteiger partial charge in [0.25, 0.3) is 11.7 Å². The lowest BCUT2D eigenvalue weighted by Gasteiger charge is -2.26. The Bertz CT molecular complexity index is 1400. The van der Waals surface area contributed by atoms with Gasteiger partial charge in [-0.25, -0.2) is 0 Å². The van der Waals surface area contributed by atoms with E-state index in [-0.39, 0.29) is 17.1 Å². The highest BCUT2D eigenvalue weighted by Crippen LogP contribution is 2.44. The number of aryl methyl sites for hydroxylation is 2. The standard InChI is InChI=1S/C30H30N2O5/c1-18-16-25(37-3)19(2)15-24(18)28(34)26-27(20-7-6-8-23(33)17-20)32(30(36)29(26)35)22-11-9-21(10-12-22)31-13-4-5-14-31/h6-12,15-17,27,33-34H,4-5,13-14H2,1-3H3/b28-26+. The molecule has 7 nitrogen and oxygen atoms in total. The second-order valence-electron chi connectivity index (χ2n) is 9.61. The average molecular weight is 499 g/mol. The second kappa shape index (κ2) is 9.65. The molecule has 1 unspecified atom stereocenters. The minimum atomic E-state index is -0.911. The summed E-state index contributed by atoms with van der Waals surface area (Å²) in [7, 11) is 1.57. The van der Waals surface area contributed by atoms with Crippen LogP contribution in [0.3, 0.4) is 0 Å². The molecule has 37 heavy (non-hydrogen) atoms. The van der Waals surface area contributed by atoms with E-state index in [1.165, 1.54) is 17.0 Å². The number of amides is 1. The number of aromatic hydroxyl groups is 1. The molecule has 5 rings (SSSR count). The van der Waals surface area contributed by atoms with Crippen LogP contribution in [0.5, 0.6) is 11.5 Å². The lowest BCUT2D eigenvalue weighted by molar-refractivity contribution is -0.132. The van der Waals surface area contributed by atoms with Crippen LogP contribution in [0.1, 0.15) is 41.1 Å². The Morgan fingerprint density at radius 1 is 0.919 bits per heavy atom. The Balaban J connectivity index is 1.66. The Hall–Kier alpha value is -4.26. The Morgan fingerprint density at radius 2 is 1.59 bits per heavy atom. The third-order valence-corrected chi connectivity index (χ3v) is 7.23. The molecule has 7 heteroatoms. The van der Waals surface area contributed by atoms with E-state index in [1.54, 1.807) is 31.4 Å². The van der Waals surface area contributed by atoms with Gasteiger partial charge in [-0.15, -0.1) is 0 Å². The van der Waals surface area contributed by atoms with Crippen LogP contribution < -0.4 is 14.5 Å². The zero-order chi connectivity index (χ0) is 26.3. The third kappa shape index (κ3) is 4.31. The molecule has 2 fully saturated rings. The minimum absolute atomic E-state index is 0.00365. The summed E-state index contributed by atoms with van der Waals surface area (Å²) in [4.78, 5) is 30.6. The summed E-state index contributed by atoms with van der Waals surface area (Å²) in [5.74, 6) is -1.10. The second-order valence-corrected chi connectivity index (χ2v) is 9.61. The van der Waals surface area contributed by atoms with Gasteiger partial charge in [-0.05, 0) is 91.9 Å². The zero-order valence-corrected chi connectivity index (χ0v) is 21.2. The normalized spacial score (nSPS) is 19.1. The highest BCUT2D eigenvalue weighted by Gasteiger charge is 2.47. The largest absolute Gasteiger partial charge is 0.508 e. The fraction of sp³-hybridized carbons (Fsp3) is 0.267. The number of carbonyl (C=O) groups is 2. The fourth-order valence-electron chi connectivity index (χ4n) is 5.32. The van der Waals surface area contributed by atoms with Gasteiger partial charge in [0.15, 0.2) is 0 Å². The highest BCUT2D eigenvalue weighted by atomic mass is 16.5. The maximum absolute atomic E-state index is 13.5. The van der Waals surface area contributed by atoms with Crippen molar-refractivity contribution in [1.82, 2.24) is 0 Å². The fourth-order valence-corrected chi connectivity index (χ4v) is 5.32. The first-order valence-electron chi connectivity index (χ1n) is 12.4. The summed E-state index contributed by atoms with van der Waals surface area (Å²) in [5, 5.41) is 21.7. The molecule has 2 N–H and O–H groups in total. The van der Waals surface area contributed by atoms with E-state index in [4.69, 9.17) is 4.74 Å². The van der Waals surface area contributed by atoms with Gasteiger partial charge in [-0.2, -0.15) is 0 Å². The molecule has 0 aliphatic carbocycles. The number of phenols is 1. The van der Waals surface area contributed by atoms with Gasteiger partial charge in [-0.1, -0.05) is 12.1 Å². The van der Waals surface area contributed by atoms with E-state index in [0.717, 1.165) is 37.2 Å². The van der Waals surface area contributed by atoms with E-state index >= 15 is 0 Å². The van der Waals surface area contributed by atoms with Gasteiger partial charge in [0.1, 0.15) is 17.3 Å². The first kappa shape index (κ1) is 24.4. The molecular weight excluding hydrogens is 468 g/mol. The number of aliphatic hydroxyl groups is 1. The molecule has 0 bridgehead atoms. The quantitative estimate of drug-likeness (QED) is 0.284. The molecule has 2 saturated heterocycles. The smallest absolute Gasteiger partial charge is 0.300 e. The number of carbonyl (C=O) groups excluding carboxylic acids is 2. The lowest BCUT2D eigenvalue weighted by atomic mass is 9.93. The number of nitrogens with zero attached hydrogens (tertiary/aromatic N) is 2. The monoisotopic (exact) mass is 498 g/mol. The average Bonchev–Trinajstić information content (AvgIpc) is 3.52. The number of methoxy groups -OCH3 is 1. The van der Waals surface area contributed by atoms with Crippen LogP contribution >= 0.6 is 0 Å². The van der Waals surface area contributed by atoms with Crippen molar-refractivity contribution in [3.8, 4) is 11.5 Å². The zero-order valence-electron chi connectivity index (χ0n) is 21.2. The van der Waals surface area contributed by atoms with Crippen molar-refractivity contribution in [2.45, 2.75) is 32.7 Å². The number of aliphatic hydroxyl groups excluding tert-OH is 1. The topological polar surface area (TPSA) is 90.3 Å². The molecule has 0 aromatic heterocycles. The molecule has 0 saturated carbocycles. The predicted molar refractivity (Wildman–Crippen MR) is 143 cm³/mol. The van der Waals surface area contributed by atoms with Crippen molar-refractivity contribution in [2.75, 3.05) is 30.0 Å². The molecule has 0 radical (unpaired) electrons. The van der Waals surface area contributed by atoms with Crippen molar-refractivity contribution >= 4 is 28.8 Å². The molecular formula is C30H30N2O5. The number of ether oxygens (including phenoxy) is 1. The molecule has 0 spiro atoms. The molecule has 1 atom stereocenters. The van der Waals surface area contributed by atoms with E-state index in [1.807, 2.05) is 38.1 Å². The summed E-state index contributed by atoms with van der Waals surface area (Å²) in [6, 6.07) is 16.6. The molecule has 3 aromatic carbocycles. The molecule has 2 aliphatic heterocycles. The summed E-state index contributed by atoms with van der Waals surface area (Å²) < 4.78 is 5.39. The first-order valence-corrected chi connectivity index (χ1v) is 12.4. The highest BCUT2D eigenvalue weighted by molar-refractivity contribution is 6.51. The Morgan fingerprint density at radius 3 is 2.24 bits per heavy atom. The van der Waals surface area contributed by atoms with E-state index in [0.29, 0.717) is 28.1 Å². The summed E-state index contributed by atoms with van der Waals surface area (Å²) in [6.45, 7) is 5.65. The minimum Gasteiger partial charge on any atom is -0.508 e. The van der Waals surface area contributed by atoms with Crippen LogP contribution in [-0.2, 0) is 9.59 Å². The molecule has 190 valence electrons. The van der Waals surface area contributed by atoms with Crippen molar-refractivity contribution < 1.29 is 24.5 Å². The number of phenolic OH excluding ortho intramolecular Hbond substituents is 1. The number of anilines is 2. The van der Waals surface area contributed by atoms with Crippen LogP contribution in [0, 0.1) is 13.8 Å². The predicted octanol–water partition coefficient (Wildman–Crippen LogP) is 5.24. The van der Waals surface area contributed by atoms with Crippen LogP contribution in [0.15, 0.2) is 66.2 Å². The number of hydrogen-bond donors (Lipinski definition) is 2. The number of ketones is 1. The Labute approximate surface area is 216 Å². The summed E-state index contributed by atoms with van der Waals surface area (Å²) in [5.41, 5.74) is 4.05. The van der Waals surface area contributed by atoms with Gasteiger partial charge < -0.3 is 19.8 Å². The molecule has 1 amide bonds. The number of hydrogen-bond acceptors (Lipinski definition) is 6. The first-order chi connectivity index (χ1) is 17.8. The maximum Gasteiger partial charge on any atom is 0.300 e. The molecule has 2 heterocycles. The number of benzene rings is 3. The molecule has 2 aliphatic rings. The van der Waals surface area contributed by atoms with E-state index < -0.39 is 17.7 Å². The van der Waals surface area contributed by atoms with Crippen LogP contribution in [0.4, 0.5) is 11.4 Å². The van der Waals surface area contributed by atoms with Crippen LogP contribution in [0.2, 0.25) is 0 Å². The van der Waals surface area contributed by atoms with Gasteiger partial charge in [-0.3, -0.25) is 14.5 Å². The Kier molecular flexibility index (Phi) is 6.38. The number of Topliss-reactive ketones (excluding diaryl/α,β-unsaturated/α-hetero) is 1. The van der Waals surface area contributed by atoms with Crippen molar-refractivity contribution in [3.05, 3.63) is 88.5 Å². The molecule has 3 aromatic rings. The van der Waals surface area contributed by atoms with Crippen LogP contribution in [0.25, 0.3) is 5.76 Å². The lowest BCUT2D eigenvalue weighted by Crippen LogP contribution is -2.29. The summed E-state index contributed by atoms with van der Waals surface area (Å²) in [6.07, 6.45) is 2.30. The van der Waals surface area contributed by atoms with E-state index in [2.05, 4.69) is 4.90 Å². The maximum atomic E-state index is 13.5. The van der Waals surface area contributed by atoms with Crippen molar-refractivity contribution in [3.63, 3.8) is 0 Å². The van der Waals surface area contributed by atoms with Gasteiger partial charge in [0.05, 0.1) is 18.7 Å². The van der Waals surface area contributed by atoms with E-state index in [9.17, 15) is 19.8 Å². The van der Waals surface area contributed by atoms with Gasteiger partial charge in [0.2, 0.25) is 0 Å². The van der Waals surface area contributed by atoms with Gasteiger partial charge >= 0.3 is 0 Å².